The third-order valence-corrected chi connectivity index (χ3v) is 4.14. The van der Waals surface area contributed by atoms with Crippen molar-refractivity contribution in [1.29, 1.82) is 0 Å². The van der Waals surface area contributed by atoms with Gasteiger partial charge in [-0.3, -0.25) is 0 Å². The Morgan fingerprint density at radius 2 is 1.83 bits per heavy atom. The van der Waals surface area contributed by atoms with Gasteiger partial charge < -0.3 is 10.7 Å². The molecule has 0 saturated heterocycles. The van der Waals surface area contributed by atoms with Crippen molar-refractivity contribution >= 4 is 10.9 Å². The Hall–Kier alpha value is -1.28. The van der Waals surface area contributed by atoms with Crippen LogP contribution < -0.4 is 5.73 Å². The minimum atomic E-state index is 0.124. The summed E-state index contributed by atoms with van der Waals surface area (Å²) in [5, 5.41) is 1.36. The van der Waals surface area contributed by atoms with E-state index in [4.69, 9.17) is 5.73 Å². The number of aromatic nitrogens is 1. The largest absolute Gasteiger partial charge is 0.358 e. The second-order valence-corrected chi connectivity index (χ2v) is 5.98. The Balaban J connectivity index is 2.72. The third-order valence-electron chi connectivity index (χ3n) is 4.14. The van der Waals surface area contributed by atoms with Gasteiger partial charge in [0.05, 0.1) is 0 Å². The molecule has 0 saturated carbocycles. The SMILES string of the molecule is Cc1ccc2c(C(C)(C)CCN)c(C)[nH]c2c1C. The van der Waals surface area contributed by atoms with Gasteiger partial charge in [0.15, 0.2) is 0 Å². The van der Waals surface area contributed by atoms with E-state index in [1.807, 2.05) is 0 Å². The van der Waals surface area contributed by atoms with Crippen molar-refractivity contribution in [1.82, 2.24) is 4.98 Å². The molecule has 98 valence electrons. The first kappa shape index (κ1) is 13.2. The van der Waals surface area contributed by atoms with E-state index in [2.05, 4.69) is 51.7 Å². The van der Waals surface area contributed by atoms with E-state index in [1.165, 1.54) is 33.3 Å². The van der Waals surface area contributed by atoms with E-state index >= 15 is 0 Å². The maximum atomic E-state index is 5.76. The Labute approximate surface area is 110 Å². The van der Waals surface area contributed by atoms with Crippen LogP contribution in [0.25, 0.3) is 10.9 Å². The number of fused-ring (bicyclic) bond motifs is 1. The van der Waals surface area contributed by atoms with Crippen LogP contribution in [0.15, 0.2) is 12.1 Å². The first-order valence-electron chi connectivity index (χ1n) is 6.67. The lowest BCUT2D eigenvalue weighted by Crippen LogP contribution is -2.22. The van der Waals surface area contributed by atoms with Gasteiger partial charge in [0.25, 0.3) is 0 Å². The molecule has 0 atom stereocenters. The van der Waals surface area contributed by atoms with E-state index < -0.39 is 0 Å². The van der Waals surface area contributed by atoms with Crippen LogP contribution in [0.3, 0.4) is 0 Å². The summed E-state index contributed by atoms with van der Waals surface area (Å²) in [6.45, 7) is 11.8. The fraction of sp³-hybridized carbons (Fsp3) is 0.500. The van der Waals surface area contributed by atoms with E-state index in [1.54, 1.807) is 0 Å². The number of nitrogens with one attached hydrogen (secondary N) is 1. The molecule has 0 aliphatic rings. The van der Waals surface area contributed by atoms with Crippen LogP contribution in [0.1, 0.15) is 42.7 Å². The standard InChI is InChI=1S/C16H24N2/c1-10-6-7-13-14(16(4,5)8-9-17)12(3)18-15(13)11(10)2/h6-7,18H,8-9,17H2,1-5H3. The van der Waals surface area contributed by atoms with Crippen molar-refractivity contribution in [3.63, 3.8) is 0 Å². The molecular formula is C16H24N2. The van der Waals surface area contributed by atoms with Gasteiger partial charge in [-0.2, -0.15) is 0 Å². The highest BCUT2D eigenvalue weighted by Crippen LogP contribution is 2.36. The fourth-order valence-electron chi connectivity index (χ4n) is 3.00. The van der Waals surface area contributed by atoms with Gasteiger partial charge in [-0.05, 0) is 55.8 Å². The molecule has 2 aromatic rings. The Morgan fingerprint density at radius 3 is 2.44 bits per heavy atom. The Kier molecular flexibility index (Phi) is 3.24. The summed E-state index contributed by atoms with van der Waals surface area (Å²) in [7, 11) is 0. The summed E-state index contributed by atoms with van der Waals surface area (Å²) in [6, 6.07) is 4.46. The minimum Gasteiger partial charge on any atom is -0.358 e. The molecule has 0 fully saturated rings. The molecule has 0 spiro atoms. The highest BCUT2D eigenvalue weighted by atomic mass is 14.7. The first-order valence-corrected chi connectivity index (χ1v) is 6.67. The summed E-state index contributed by atoms with van der Waals surface area (Å²) < 4.78 is 0. The van der Waals surface area contributed by atoms with Crippen LogP contribution in [-0.2, 0) is 5.41 Å². The predicted molar refractivity (Wildman–Crippen MR) is 79.2 cm³/mol. The summed E-state index contributed by atoms with van der Waals surface area (Å²) in [6.07, 6.45) is 1.01. The third kappa shape index (κ3) is 1.95. The van der Waals surface area contributed by atoms with E-state index in [9.17, 15) is 0 Å². The Morgan fingerprint density at radius 1 is 1.17 bits per heavy atom. The highest BCUT2D eigenvalue weighted by molar-refractivity contribution is 5.89. The van der Waals surface area contributed by atoms with Gasteiger partial charge in [0.1, 0.15) is 0 Å². The van der Waals surface area contributed by atoms with Crippen molar-refractivity contribution in [2.45, 2.75) is 46.5 Å². The molecular weight excluding hydrogens is 220 g/mol. The molecule has 18 heavy (non-hydrogen) atoms. The van der Waals surface area contributed by atoms with Gasteiger partial charge in [-0.25, -0.2) is 0 Å². The number of hydrogen-bond donors (Lipinski definition) is 2. The molecule has 0 aliphatic heterocycles. The molecule has 1 heterocycles. The van der Waals surface area contributed by atoms with Crippen LogP contribution in [0.5, 0.6) is 0 Å². The number of nitrogens with two attached hydrogens (primary N) is 1. The van der Waals surface area contributed by atoms with Gasteiger partial charge in [0, 0.05) is 16.6 Å². The van der Waals surface area contributed by atoms with Crippen molar-refractivity contribution in [3.05, 3.63) is 34.5 Å². The number of aromatic amines is 1. The zero-order valence-electron chi connectivity index (χ0n) is 12.1. The molecule has 0 amide bonds. The summed E-state index contributed by atoms with van der Waals surface area (Å²) >= 11 is 0. The van der Waals surface area contributed by atoms with Crippen molar-refractivity contribution in [2.75, 3.05) is 6.54 Å². The molecule has 2 heteroatoms. The van der Waals surface area contributed by atoms with Crippen molar-refractivity contribution < 1.29 is 0 Å². The topological polar surface area (TPSA) is 41.8 Å². The molecule has 0 radical (unpaired) electrons. The average Bonchev–Trinajstić information content (AvgIpc) is 2.61. The second-order valence-electron chi connectivity index (χ2n) is 5.98. The van der Waals surface area contributed by atoms with Crippen molar-refractivity contribution in [2.24, 2.45) is 5.73 Å². The van der Waals surface area contributed by atoms with Crippen LogP contribution in [0.2, 0.25) is 0 Å². The summed E-state index contributed by atoms with van der Waals surface area (Å²) in [5.41, 5.74) is 12.6. The monoisotopic (exact) mass is 244 g/mol. The van der Waals surface area contributed by atoms with E-state index in [-0.39, 0.29) is 5.41 Å². The lowest BCUT2D eigenvalue weighted by Gasteiger charge is -2.25. The predicted octanol–water partition coefficient (Wildman–Crippen LogP) is 3.72. The van der Waals surface area contributed by atoms with E-state index in [0.717, 1.165) is 13.0 Å². The van der Waals surface area contributed by atoms with Gasteiger partial charge in [-0.15, -0.1) is 0 Å². The molecule has 3 N–H and O–H groups in total. The number of hydrogen-bond acceptors (Lipinski definition) is 1. The fourth-order valence-corrected chi connectivity index (χ4v) is 3.00. The zero-order valence-corrected chi connectivity index (χ0v) is 12.1. The smallest absolute Gasteiger partial charge is 0.0491 e. The average molecular weight is 244 g/mol. The quantitative estimate of drug-likeness (QED) is 0.849. The van der Waals surface area contributed by atoms with Gasteiger partial charge in [0.2, 0.25) is 0 Å². The normalized spacial score (nSPS) is 12.3. The molecule has 0 unspecified atom stereocenters. The molecule has 2 rings (SSSR count). The molecule has 2 nitrogen and oxygen atoms in total. The lowest BCUT2D eigenvalue weighted by atomic mass is 9.79. The number of rotatable bonds is 3. The number of aryl methyl sites for hydroxylation is 3. The second kappa shape index (κ2) is 4.43. The molecule has 1 aromatic carbocycles. The molecule has 0 bridgehead atoms. The van der Waals surface area contributed by atoms with Gasteiger partial charge >= 0.3 is 0 Å². The van der Waals surface area contributed by atoms with Crippen LogP contribution in [0.4, 0.5) is 0 Å². The highest BCUT2D eigenvalue weighted by Gasteiger charge is 2.26. The number of benzene rings is 1. The van der Waals surface area contributed by atoms with Crippen molar-refractivity contribution in [3.8, 4) is 0 Å². The Bertz CT molecular complexity index is 576. The molecule has 1 aromatic heterocycles. The van der Waals surface area contributed by atoms with Crippen LogP contribution in [-0.4, -0.2) is 11.5 Å². The maximum absolute atomic E-state index is 5.76. The van der Waals surface area contributed by atoms with Gasteiger partial charge in [-0.1, -0.05) is 26.0 Å². The van der Waals surface area contributed by atoms with Crippen LogP contribution in [0, 0.1) is 20.8 Å². The maximum Gasteiger partial charge on any atom is 0.0491 e. The van der Waals surface area contributed by atoms with Crippen LogP contribution >= 0.6 is 0 Å². The number of H-pyrrole nitrogens is 1. The minimum absolute atomic E-state index is 0.124. The molecule has 0 aliphatic carbocycles. The summed E-state index contributed by atoms with van der Waals surface area (Å²) in [4.78, 5) is 3.56. The lowest BCUT2D eigenvalue weighted by molar-refractivity contribution is 0.489. The zero-order chi connectivity index (χ0) is 13.5. The first-order chi connectivity index (χ1) is 8.38. The van der Waals surface area contributed by atoms with E-state index in [0.29, 0.717) is 0 Å². The summed E-state index contributed by atoms with van der Waals surface area (Å²) in [5.74, 6) is 0.